The van der Waals surface area contributed by atoms with Crippen LogP contribution in [0.15, 0.2) is 0 Å². The first-order valence-corrected chi connectivity index (χ1v) is 10.1. The highest BCUT2D eigenvalue weighted by Crippen LogP contribution is 2.31. The lowest BCUT2D eigenvalue weighted by Gasteiger charge is -2.27. The van der Waals surface area contributed by atoms with Crippen molar-refractivity contribution in [2.45, 2.75) is 73.0 Å². The zero-order chi connectivity index (χ0) is 24.3. The van der Waals surface area contributed by atoms with Crippen LogP contribution in [-0.2, 0) is 33.3 Å². The fourth-order valence-electron chi connectivity index (χ4n) is 1.95. The number of hydrogen-bond acceptors (Lipinski definition) is 7. The second-order valence-corrected chi connectivity index (χ2v) is 7.97. The van der Waals surface area contributed by atoms with Gasteiger partial charge in [-0.3, -0.25) is 14.3 Å². The van der Waals surface area contributed by atoms with Gasteiger partial charge >= 0.3 is 24.2 Å². The number of carbonyl (C=O) groups is 2. The predicted octanol–water partition coefficient (Wildman–Crippen LogP) is 4.53. The number of alkyl halides is 4. The van der Waals surface area contributed by atoms with Crippen molar-refractivity contribution in [1.29, 1.82) is 0 Å². The van der Waals surface area contributed by atoms with Gasteiger partial charge in [-0.2, -0.15) is 17.6 Å². The fraction of sp³-hybridized carbons (Fsp3) is 0.900. The standard InChI is InChI=1S/C20H34F4O7/c1-7-17(4,5)15(25)29-11-10-27-14-28-12-19(21,22)31-20(23,24)13-30-16(26)18(6,8-2)9-3/h7-14H2,1-6H3. The lowest BCUT2D eigenvalue weighted by Crippen LogP contribution is -2.41. The Morgan fingerprint density at radius 3 is 1.77 bits per heavy atom. The molecule has 0 aromatic heterocycles. The summed E-state index contributed by atoms with van der Waals surface area (Å²) >= 11 is 0. The van der Waals surface area contributed by atoms with Crippen molar-refractivity contribution < 1.29 is 50.8 Å². The largest absolute Gasteiger partial charge is 0.463 e. The Morgan fingerprint density at radius 1 is 0.710 bits per heavy atom. The monoisotopic (exact) mass is 462 g/mol. The third-order valence-electron chi connectivity index (χ3n) is 5.06. The van der Waals surface area contributed by atoms with Crippen molar-refractivity contribution in [3.63, 3.8) is 0 Å². The molecule has 0 atom stereocenters. The van der Waals surface area contributed by atoms with Gasteiger partial charge < -0.3 is 18.9 Å². The van der Waals surface area contributed by atoms with Crippen LogP contribution in [0, 0.1) is 10.8 Å². The Balaban J connectivity index is 4.23. The molecule has 11 heteroatoms. The molecule has 0 aliphatic heterocycles. The van der Waals surface area contributed by atoms with Crippen LogP contribution >= 0.6 is 0 Å². The molecule has 0 spiro atoms. The van der Waals surface area contributed by atoms with E-state index in [-0.39, 0.29) is 13.2 Å². The summed E-state index contributed by atoms with van der Waals surface area (Å²) in [6, 6.07) is 0. The zero-order valence-corrected chi connectivity index (χ0v) is 19.0. The van der Waals surface area contributed by atoms with Gasteiger partial charge in [-0.15, -0.1) is 0 Å². The van der Waals surface area contributed by atoms with E-state index in [9.17, 15) is 27.2 Å². The summed E-state index contributed by atoms with van der Waals surface area (Å²) < 4.78 is 76.6. The minimum absolute atomic E-state index is 0.115. The highest BCUT2D eigenvalue weighted by molar-refractivity contribution is 5.76. The van der Waals surface area contributed by atoms with E-state index in [0.29, 0.717) is 19.3 Å². The first kappa shape index (κ1) is 29.5. The van der Waals surface area contributed by atoms with Gasteiger partial charge in [0.2, 0.25) is 0 Å². The van der Waals surface area contributed by atoms with Gasteiger partial charge in [-0.1, -0.05) is 20.8 Å². The molecule has 0 amide bonds. The van der Waals surface area contributed by atoms with E-state index < -0.39 is 55.0 Å². The summed E-state index contributed by atoms with van der Waals surface area (Å²) in [6.45, 7) is 6.10. The summed E-state index contributed by atoms with van der Waals surface area (Å²) in [5, 5.41) is 0. The van der Waals surface area contributed by atoms with Crippen LogP contribution in [0.2, 0.25) is 0 Å². The average molecular weight is 462 g/mol. The summed E-state index contributed by atoms with van der Waals surface area (Å²) in [5.74, 6) is -1.35. The summed E-state index contributed by atoms with van der Waals surface area (Å²) in [4.78, 5) is 23.6. The molecule has 0 heterocycles. The van der Waals surface area contributed by atoms with Crippen LogP contribution in [-0.4, -0.2) is 57.4 Å². The van der Waals surface area contributed by atoms with E-state index in [1.807, 2.05) is 6.92 Å². The van der Waals surface area contributed by atoms with Crippen LogP contribution in [0.25, 0.3) is 0 Å². The molecule has 31 heavy (non-hydrogen) atoms. The topological polar surface area (TPSA) is 80.3 Å². The molecule has 0 aromatic rings. The van der Waals surface area contributed by atoms with Gasteiger partial charge in [0.25, 0.3) is 0 Å². The molecule has 0 fully saturated rings. The molecule has 0 aromatic carbocycles. The average Bonchev–Trinajstić information content (AvgIpc) is 2.69. The lowest BCUT2D eigenvalue weighted by molar-refractivity contribution is -0.394. The fourth-order valence-corrected chi connectivity index (χ4v) is 1.95. The van der Waals surface area contributed by atoms with E-state index in [1.165, 1.54) is 6.92 Å². The van der Waals surface area contributed by atoms with Gasteiger partial charge in [0.15, 0.2) is 6.61 Å². The van der Waals surface area contributed by atoms with Gasteiger partial charge in [0.05, 0.1) is 17.4 Å². The van der Waals surface area contributed by atoms with Crippen LogP contribution < -0.4 is 0 Å². The number of halogens is 4. The summed E-state index contributed by atoms with van der Waals surface area (Å²) in [7, 11) is 0. The van der Waals surface area contributed by atoms with Crippen molar-refractivity contribution in [2.24, 2.45) is 10.8 Å². The van der Waals surface area contributed by atoms with Gasteiger partial charge in [-0.25, -0.2) is 0 Å². The maximum Gasteiger partial charge on any atom is 0.394 e. The SMILES string of the molecule is CCC(C)(C)C(=O)OCCOCOCC(F)(F)OC(F)(F)COC(=O)C(C)(CC)CC. The van der Waals surface area contributed by atoms with Crippen molar-refractivity contribution in [3.8, 4) is 0 Å². The minimum atomic E-state index is -4.41. The molecule has 0 aliphatic carbocycles. The molecule has 0 rings (SSSR count). The number of carbonyl (C=O) groups excluding carboxylic acids is 2. The Kier molecular flexibility index (Phi) is 12.0. The van der Waals surface area contributed by atoms with E-state index in [1.54, 1.807) is 27.7 Å². The number of esters is 2. The second-order valence-electron chi connectivity index (χ2n) is 7.97. The lowest BCUT2D eigenvalue weighted by atomic mass is 9.85. The normalized spacial score (nSPS) is 13.2. The van der Waals surface area contributed by atoms with Crippen molar-refractivity contribution in [1.82, 2.24) is 0 Å². The Labute approximate surface area is 180 Å². The molecular weight excluding hydrogens is 428 g/mol. The molecule has 0 aliphatic rings. The maximum atomic E-state index is 13.6. The highest BCUT2D eigenvalue weighted by Gasteiger charge is 2.46. The third kappa shape index (κ3) is 11.1. The quantitative estimate of drug-likeness (QED) is 0.144. The molecular formula is C20H34F4O7. The summed E-state index contributed by atoms with van der Waals surface area (Å²) in [6.07, 6.45) is -7.50. The third-order valence-corrected chi connectivity index (χ3v) is 5.06. The van der Waals surface area contributed by atoms with Crippen LogP contribution in [0.3, 0.4) is 0 Å². The zero-order valence-electron chi connectivity index (χ0n) is 19.0. The van der Waals surface area contributed by atoms with Crippen molar-refractivity contribution >= 4 is 11.9 Å². The Bertz CT molecular complexity index is 564. The highest BCUT2D eigenvalue weighted by atomic mass is 19.3. The number of ether oxygens (including phenoxy) is 5. The minimum Gasteiger partial charge on any atom is -0.463 e. The molecule has 184 valence electrons. The van der Waals surface area contributed by atoms with Crippen molar-refractivity contribution in [3.05, 3.63) is 0 Å². The van der Waals surface area contributed by atoms with Crippen LogP contribution in [0.5, 0.6) is 0 Å². The van der Waals surface area contributed by atoms with Gasteiger partial charge in [-0.05, 0) is 40.0 Å². The van der Waals surface area contributed by atoms with Gasteiger partial charge in [0.1, 0.15) is 20.0 Å². The number of hydrogen-bond donors (Lipinski definition) is 0. The first-order chi connectivity index (χ1) is 14.1. The van der Waals surface area contributed by atoms with E-state index >= 15 is 0 Å². The molecule has 0 unspecified atom stereocenters. The molecule has 0 saturated carbocycles. The second kappa shape index (κ2) is 12.5. The maximum absolute atomic E-state index is 13.6. The van der Waals surface area contributed by atoms with Gasteiger partial charge in [0, 0.05) is 0 Å². The van der Waals surface area contributed by atoms with E-state index in [2.05, 4.69) is 14.2 Å². The molecule has 0 saturated heterocycles. The predicted molar refractivity (Wildman–Crippen MR) is 102 cm³/mol. The van der Waals surface area contributed by atoms with E-state index in [4.69, 9.17) is 9.47 Å². The smallest absolute Gasteiger partial charge is 0.394 e. The number of rotatable bonds is 16. The Morgan fingerprint density at radius 2 is 1.26 bits per heavy atom. The van der Waals surface area contributed by atoms with Crippen LogP contribution in [0.4, 0.5) is 17.6 Å². The van der Waals surface area contributed by atoms with Crippen LogP contribution in [0.1, 0.15) is 60.8 Å². The summed E-state index contributed by atoms with van der Waals surface area (Å²) in [5.41, 5.74) is -1.64. The Hall–Kier alpha value is -1.46. The van der Waals surface area contributed by atoms with E-state index in [0.717, 1.165) is 0 Å². The molecule has 7 nitrogen and oxygen atoms in total. The molecule has 0 bridgehead atoms. The molecule has 0 radical (unpaired) electrons. The first-order valence-electron chi connectivity index (χ1n) is 10.1. The molecule has 0 N–H and O–H groups in total. The van der Waals surface area contributed by atoms with Crippen molar-refractivity contribution in [2.75, 3.05) is 33.2 Å².